The zero-order chi connectivity index (χ0) is 14.3. The zero-order valence-corrected chi connectivity index (χ0v) is 12.1. The van der Waals surface area contributed by atoms with Gasteiger partial charge in [-0.05, 0) is 44.7 Å². The number of hydrogen-bond acceptors (Lipinski definition) is 4. The molecule has 0 radical (unpaired) electrons. The number of nitrogens with two attached hydrogens (primary N) is 1. The minimum atomic E-state index is -0.382. The van der Waals surface area contributed by atoms with Gasteiger partial charge in [0, 0.05) is 30.9 Å². The van der Waals surface area contributed by atoms with Gasteiger partial charge in [0.15, 0.2) is 0 Å². The first-order chi connectivity index (χ1) is 9.54. The second kappa shape index (κ2) is 5.05. The van der Waals surface area contributed by atoms with E-state index in [2.05, 4.69) is 15.2 Å². The van der Waals surface area contributed by atoms with E-state index >= 15 is 0 Å². The third-order valence-corrected chi connectivity index (χ3v) is 4.39. The molecule has 1 amide bonds. The molecule has 3 heterocycles. The number of rotatable bonds is 2. The number of anilines is 1. The lowest BCUT2D eigenvalue weighted by atomic mass is 10.1. The Morgan fingerprint density at radius 1 is 1.35 bits per heavy atom. The van der Waals surface area contributed by atoms with Crippen molar-refractivity contribution in [3.8, 4) is 0 Å². The lowest BCUT2D eigenvalue weighted by Gasteiger charge is -2.27. The van der Waals surface area contributed by atoms with Crippen LogP contribution >= 0.6 is 0 Å². The largest absolute Gasteiger partial charge is 0.365 e. The van der Waals surface area contributed by atoms with E-state index in [9.17, 15) is 4.79 Å². The zero-order valence-electron chi connectivity index (χ0n) is 12.1. The van der Waals surface area contributed by atoms with Crippen LogP contribution in [0.2, 0.25) is 0 Å². The molecule has 3 N–H and O–H groups in total. The molecule has 2 aliphatic rings. The number of primary amides is 1. The van der Waals surface area contributed by atoms with Crippen LogP contribution in [0.3, 0.4) is 0 Å². The number of aromatic nitrogens is 1. The van der Waals surface area contributed by atoms with Crippen molar-refractivity contribution >= 4 is 11.7 Å². The Kier molecular flexibility index (Phi) is 3.38. The number of nitrogens with one attached hydrogen (secondary N) is 1. The van der Waals surface area contributed by atoms with E-state index in [1.165, 1.54) is 12.8 Å². The number of nitrogens with zero attached hydrogens (tertiary/aromatic N) is 2. The first-order valence-corrected chi connectivity index (χ1v) is 7.33. The van der Waals surface area contributed by atoms with Crippen LogP contribution in [-0.4, -0.2) is 36.1 Å². The van der Waals surface area contributed by atoms with Gasteiger partial charge in [-0.2, -0.15) is 0 Å². The van der Waals surface area contributed by atoms with Gasteiger partial charge in [0.25, 0.3) is 5.91 Å². The lowest BCUT2D eigenvalue weighted by Crippen LogP contribution is -2.37. The molecule has 0 saturated carbocycles. The highest BCUT2D eigenvalue weighted by atomic mass is 16.1. The van der Waals surface area contributed by atoms with E-state index in [1.807, 2.05) is 19.9 Å². The predicted molar refractivity (Wildman–Crippen MR) is 79.0 cm³/mol. The molecule has 0 aromatic carbocycles. The lowest BCUT2D eigenvalue weighted by molar-refractivity contribution is 0.1000. The summed E-state index contributed by atoms with van der Waals surface area (Å²) >= 11 is 0. The number of carbonyl (C=O) groups is 1. The summed E-state index contributed by atoms with van der Waals surface area (Å²) in [7, 11) is 0. The molecule has 2 bridgehead atoms. The maximum absolute atomic E-state index is 11.8. The van der Waals surface area contributed by atoms with Crippen molar-refractivity contribution < 1.29 is 4.79 Å². The number of hydrogen-bond donors (Lipinski definition) is 2. The summed E-state index contributed by atoms with van der Waals surface area (Å²) < 4.78 is 0. The quantitative estimate of drug-likeness (QED) is 0.848. The van der Waals surface area contributed by atoms with Crippen LogP contribution in [0.1, 0.15) is 40.9 Å². The molecule has 2 unspecified atom stereocenters. The Morgan fingerprint density at radius 2 is 2.10 bits per heavy atom. The van der Waals surface area contributed by atoms with Gasteiger partial charge in [-0.3, -0.25) is 4.79 Å². The third-order valence-electron chi connectivity index (χ3n) is 4.39. The highest BCUT2D eigenvalue weighted by molar-refractivity contribution is 5.99. The molecule has 1 aromatic heterocycles. The maximum atomic E-state index is 11.8. The van der Waals surface area contributed by atoms with Gasteiger partial charge in [0.1, 0.15) is 5.82 Å². The van der Waals surface area contributed by atoms with Crippen molar-refractivity contribution in [2.75, 3.05) is 18.0 Å². The molecule has 1 aromatic rings. The number of fused-ring (bicyclic) bond motifs is 2. The van der Waals surface area contributed by atoms with Crippen molar-refractivity contribution in [3.05, 3.63) is 22.9 Å². The van der Waals surface area contributed by atoms with Crippen molar-refractivity contribution in [2.24, 2.45) is 5.73 Å². The molecule has 5 nitrogen and oxygen atoms in total. The summed E-state index contributed by atoms with van der Waals surface area (Å²) in [4.78, 5) is 18.6. The monoisotopic (exact) mass is 274 g/mol. The fourth-order valence-electron chi connectivity index (χ4n) is 3.49. The second-order valence-corrected chi connectivity index (χ2v) is 6.02. The van der Waals surface area contributed by atoms with Gasteiger partial charge >= 0.3 is 0 Å². The maximum Gasteiger partial charge on any atom is 0.252 e. The van der Waals surface area contributed by atoms with Crippen LogP contribution < -0.4 is 16.0 Å². The van der Waals surface area contributed by atoms with Crippen LogP contribution in [-0.2, 0) is 0 Å². The number of amides is 1. The van der Waals surface area contributed by atoms with Gasteiger partial charge in [0.05, 0.1) is 5.56 Å². The summed E-state index contributed by atoms with van der Waals surface area (Å²) in [6, 6.07) is 3.05. The standard InChI is InChI=1S/C15H22N4O/c1-9-7-10(2)17-15(13(9)14(16)20)19-6-5-11-3-4-12(8-19)18-11/h7,11-12,18H,3-6,8H2,1-2H3,(H2,16,20). The highest BCUT2D eigenvalue weighted by Gasteiger charge is 2.31. The first kappa shape index (κ1) is 13.4. The van der Waals surface area contributed by atoms with Crippen molar-refractivity contribution in [1.29, 1.82) is 0 Å². The molecule has 3 rings (SSSR count). The van der Waals surface area contributed by atoms with Gasteiger partial charge in [-0.25, -0.2) is 4.98 Å². The van der Waals surface area contributed by atoms with Crippen molar-refractivity contribution in [3.63, 3.8) is 0 Å². The van der Waals surface area contributed by atoms with E-state index in [0.717, 1.165) is 36.6 Å². The molecule has 5 heteroatoms. The van der Waals surface area contributed by atoms with Gasteiger partial charge in [0.2, 0.25) is 0 Å². The van der Waals surface area contributed by atoms with Gasteiger partial charge in [-0.15, -0.1) is 0 Å². The molecule has 0 spiro atoms. The average Bonchev–Trinajstić information content (AvgIpc) is 2.67. The molecule has 20 heavy (non-hydrogen) atoms. The van der Waals surface area contributed by atoms with Gasteiger partial charge < -0.3 is 16.0 Å². The van der Waals surface area contributed by atoms with Crippen LogP contribution in [0.15, 0.2) is 6.07 Å². The summed E-state index contributed by atoms with van der Waals surface area (Å²) in [5, 5.41) is 3.64. The molecule has 2 fully saturated rings. The Hall–Kier alpha value is -1.62. The second-order valence-electron chi connectivity index (χ2n) is 6.02. The summed E-state index contributed by atoms with van der Waals surface area (Å²) in [6.45, 7) is 5.74. The Morgan fingerprint density at radius 3 is 2.85 bits per heavy atom. The van der Waals surface area contributed by atoms with Crippen molar-refractivity contribution in [2.45, 2.75) is 45.2 Å². The van der Waals surface area contributed by atoms with Crippen LogP contribution in [0.25, 0.3) is 0 Å². The highest BCUT2D eigenvalue weighted by Crippen LogP contribution is 2.27. The van der Waals surface area contributed by atoms with Crippen LogP contribution in [0, 0.1) is 13.8 Å². The number of aryl methyl sites for hydroxylation is 2. The normalized spacial score (nSPS) is 25.6. The number of pyridine rings is 1. The molecule has 0 aliphatic carbocycles. The molecule has 108 valence electrons. The van der Waals surface area contributed by atoms with Crippen LogP contribution in [0.4, 0.5) is 5.82 Å². The Bertz CT molecular complexity index is 543. The minimum Gasteiger partial charge on any atom is -0.365 e. The molecule has 2 aliphatic heterocycles. The number of carbonyl (C=O) groups excluding carboxylic acids is 1. The first-order valence-electron chi connectivity index (χ1n) is 7.33. The van der Waals surface area contributed by atoms with E-state index in [4.69, 9.17) is 5.73 Å². The molecular formula is C15H22N4O. The fraction of sp³-hybridized carbons (Fsp3) is 0.600. The van der Waals surface area contributed by atoms with E-state index in [1.54, 1.807) is 0 Å². The van der Waals surface area contributed by atoms with E-state index in [0.29, 0.717) is 17.6 Å². The Balaban J connectivity index is 1.98. The third kappa shape index (κ3) is 2.38. The SMILES string of the molecule is Cc1cc(C)c(C(N)=O)c(N2CCC3CCC(C2)N3)n1. The van der Waals surface area contributed by atoms with Gasteiger partial charge in [-0.1, -0.05) is 0 Å². The molecular weight excluding hydrogens is 252 g/mol. The average molecular weight is 274 g/mol. The summed E-state index contributed by atoms with van der Waals surface area (Å²) in [6.07, 6.45) is 3.57. The summed E-state index contributed by atoms with van der Waals surface area (Å²) in [5.74, 6) is 0.386. The van der Waals surface area contributed by atoms with E-state index < -0.39 is 0 Å². The fourth-order valence-corrected chi connectivity index (χ4v) is 3.49. The predicted octanol–water partition coefficient (Wildman–Crippen LogP) is 1.13. The molecule has 2 atom stereocenters. The van der Waals surface area contributed by atoms with E-state index in [-0.39, 0.29) is 5.91 Å². The summed E-state index contributed by atoms with van der Waals surface area (Å²) in [5.41, 5.74) is 8.00. The molecule has 2 saturated heterocycles. The smallest absolute Gasteiger partial charge is 0.252 e. The van der Waals surface area contributed by atoms with Crippen molar-refractivity contribution in [1.82, 2.24) is 10.3 Å². The Labute approximate surface area is 119 Å². The van der Waals surface area contributed by atoms with Crippen LogP contribution in [0.5, 0.6) is 0 Å². The minimum absolute atomic E-state index is 0.382. The topological polar surface area (TPSA) is 71.2 Å².